The number of ether oxygens (including phenoxy) is 2. The number of morpholine rings is 1. The number of para-hydroxylation sites is 2. The number of thiol groups is 1. The summed E-state index contributed by atoms with van der Waals surface area (Å²) < 4.78 is 25.7. The van der Waals surface area contributed by atoms with Gasteiger partial charge in [-0.25, -0.2) is 9.24 Å². The predicted molar refractivity (Wildman–Crippen MR) is 145 cm³/mol. The van der Waals surface area contributed by atoms with Gasteiger partial charge < -0.3 is 25.0 Å². The Labute approximate surface area is 224 Å². The predicted octanol–water partition coefficient (Wildman–Crippen LogP) is 5.16. The molecule has 2 N–H and O–H groups in total. The molecular formula is C26H28BrFN4O3S. The van der Waals surface area contributed by atoms with E-state index in [1.54, 1.807) is 43.3 Å². The number of rotatable bonds is 4. The molecule has 1 fully saturated rings. The number of likely N-dealkylation sites (N-methyl/N-ethyl adjacent to an activating group) is 1. The molecule has 2 aromatic carbocycles. The number of carbonyl (C=O) groups excluding carboxylic acids is 1. The summed E-state index contributed by atoms with van der Waals surface area (Å²) in [7, 11) is 3.62. The number of allylic oxidation sites excluding steroid dienone is 2. The Morgan fingerprint density at radius 2 is 2.00 bits per heavy atom. The van der Waals surface area contributed by atoms with Crippen LogP contribution in [0.15, 0.2) is 68.9 Å². The molecule has 4 rings (SSSR count). The summed E-state index contributed by atoms with van der Waals surface area (Å²) in [5.74, 6) is -1.40. The Balaban J connectivity index is 0.000000444. The molecule has 2 aliphatic heterocycles. The number of benzene rings is 2. The summed E-state index contributed by atoms with van der Waals surface area (Å²) in [6, 6.07) is 11.5. The number of carbonyl (C=O) groups is 1. The van der Waals surface area contributed by atoms with Gasteiger partial charge in [0.25, 0.3) is 5.91 Å². The summed E-state index contributed by atoms with van der Waals surface area (Å²) in [6.45, 7) is 13.3. The minimum absolute atomic E-state index is 0.144. The number of methoxy groups -OCH3 is 1. The molecule has 1 unspecified atom stereocenters. The van der Waals surface area contributed by atoms with Crippen LogP contribution in [0.1, 0.15) is 18.4 Å². The number of nitrogens with one attached hydrogen (secondary N) is 2. The summed E-state index contributed by atoms with van der Waals surface area (Å²) in [5.41, 5.74) is 1.56. The van der Waals surface area contributed by atoms with Gasteiger partial charge in [0.15, 0.2) is 0 Å². The van der Waals surface area contributed by atoms with Crippen molar-refractivity contribution in [2.75, 3.05) is 45.8 Å². The van der Waals surface area contributed by atoms with Gasteiger partial charge in [0.2, 0.25) is 5.70 Å². The van der Waals surface area contributed by atoms with E-state index >= 15 is 0 Å². The molecule has 0 radical (unpaired) electrons. The SMILES string of the molecule is CN1CCOCC1.[C-]#[N+]C1=C(S)NC(C)=C(C(=O)Nc2ccccc2OC)C1c1ccc(Br)cc1F. The molecule has 2 aliphatic rings. The van der Waals surface area contributed by atoms with Gasteiger partial charge in [-0.1, -0.05) is 34.1 Å². The average molecular weight is 576 g/mol. The van der Waals surface area contributed by atoms with Gasteiger partial charge in [0.1, 0.15) is 11.6 Å². The van der Waals surface area contributed by atoms with Gasteiger partial charge in [-0.2, -0.15) is 0 Å². The maximum atomic E-state index is 14.8. The van der Waals surface area contributed by atoms with Crippen molar-refractivity contribution in [1.29, 1.82) is 0 Å². The fourth-order valence-electron chi connectivity index (χ4n) is 3.85. The normalized spacial score (nSPS) is 18.0. The maximum absolute atomic E-state index is 14.8. The lowest BCUT2D eigenvalue weighted by Crippen LogP contribution is -2.32. The third-order valence-corrected chi connectivity index (χ3v) is 6.58. The van der Waals surface area contributed by atoms with E-state index in [1.165, 1.54) is 13.2 Å². The Bertz CT molecular complexity index is 1220. The van der Waals surface area contributed by atoms with Gasteiger partial charge in [-0.05, 0) is 43.8 Å². The standard InChI is InChI=1S/C21H17BrFN3O2S.C5H11NO/c1-11-17(20(27)26-15-6-4-5-7-16(15)28-3)18(19(24-2)21(29)25-11)13-9-8-12(22)10-14(13)23;1-6-2-4-7-5-3-6/h4-10,18,25,29H,1,3H3,(H,26,27);2-5H2,1H3. The van der Waals surface area contributed by atoms with Gasteiger partial charge in [-0.3, -0.25) is 4.79 Å². The highest BCUT2D eigenvalue weighted by atomic mass is 79.9. The highest BCUT2D eigenvalue weighted by molar-refractivity contribution is 9.10. The van der Waals surface area contributed by atoms with Gasteiger partial charge in [-0.15, -0.1) is 12.6 Å². The molecule has 0 bridgehead atoms. The van der Waals surface area contributed by atoms with E-state index in [4.69, 9.17) is 16.0 Å². The van der Waals surface area contributed by atoms with Crippen molar-refractivity contribution in [2.45, 2.75) is 12.8 Å². The monoisotopic (exact) mass is 574 g/mol. The molecule has 0 aliphatic carbocycles. The number of hydrogen-bond donors (Lipinski definition) is 3. The molecule has 36 heavy (non-hydrogen) atoms. The minimum atomic E-state index is -0.899. The van der Waals surface area contributed by atoms with Gasteiger partial charge in [0, 0.05) is 28.8 Å². The smallest absolute Gasteiger partial charge is 0.253 e. The van der Waals surface area contributed by atoms with Crippen LogP contribution in [0.4, 0.5) is 10.1 Å². The van der Waals surface area contributed by atoms with Gasteiger partial charge >= 0.3 is 0 Å². The number of anilines is 1. The van der Waals surface area contributed by atoms with Crippen molar-refractivity contribution in [3.8, 4) is 5.75 Å². The lowest BCUT2D eigenvalue weighted by molar-refractivity contribution is -0.113. The maximum Gasteiger partial charge on any atom is 0.253 e. The first-order valence-corrected chi connectivity index (χ1v) is 12.4. The molecule has 2 heterocycles. The molecule has 1 saturated heterocycles. The van der Waals surface area contributed by atoms with Crippen LogP contribution >= 0.6 is 28.6 Å². The number of amides is 1. The van der Waals surface area contributed by atoms with E-state index in [-0.39, 0.29) is 16.8 Å². The lowest BCUT2D eigenvalue weighted by Gasteiger charge is -2.28. The number of halogens is 2. The Morgan fingerprint density at radius 1 is 1.31 bits per heavy atom. The quantitative estimate of drug-likeness (QED) is 0.347. The van der Waals surface area contributed by atoms with Crippen LogP contribution in [0.25, 0.3) is 4.85 Å². The molecular weight excluding hydrogens is 547 g/mol. The molecule has 2 aromatic rings. The van der Waals surface area contributed by atoms with Gasteiger partial charge in [0.05, 0.1) is 43.5 Å². The van der Waals surface area contributed by atoms with E-state index in [0.717, 1.165) is 26.3 Å². The van der Waals surface area contributed by atoms with E-state index in [2.05, 4.69) is 56.0 Å². The Kier molecular flexibility index (Phi) is 9.96. The summed E-state index contributed by atoms with van der Waals surface area (Å²) >= 11 is 7.57. The topological polar surface area (TPSA) is 67.2 Å². The molecule has 7 nitrogen and oxygen atoms in total. The fraction of sp³-hybridized carbons (Fsp3) is 0.308. The highest BCUT2D eigenvalue weighted by Gasteiger charge is 2.36. The fourth-order valence-corrected chi connectivity index (χ4v) is 4.53. The van der Waals surface area contributed by atoms with E-state index in [1.807, 2.05) is 0 Å². The highest BCUT2D eigenvalue weighted by Crippen LogP contribution is 2.41. The van der Waals surface area contributed by atoms with Crippen molar-refractivity contribution < 1.29 is 18.7 Å². The third kappa shape index (κ3) is 6.68. The van der Waals surface area contributed by atoms with Crippen molar-refractivity contribution in [1.82, 2.24) is 10.2 Å². The largest absolute Gasteiger partial charge is 0.495 e. The van der Waals surface area contributed by atoms with Crippen LogP contribution in [0.3, 0.4) is 0 Å². The minimum Gasteiger partial charge on any atom is -0.495 e. The molecule has 0 aromatic heterocycles. The van der Waals surface area contributed by atoms with Crippen LogP contribution in [0.2, 0.25) is 0 Å². The second kappa shape index (κ2) is 12.9. The Morgan fingerprint density at radius 3 is 2.58 bits per heavy atom. The van der Waals surface area contributed by atoms with Crippen LogP contribution in [0, 0.1) is 12.4 Å². The molecule has 190 valence electrons. The Hall–Kier alpha value is -2.84. The average Bonchev–Trinajstić information content (AvgIpc) is 2.85. The summed E-state index contributed by atoms with van der Waals surface area (Å²) in [6.07, 6.45) is 0. The molecule has 0 spiro atoms. The zero-order valence-corrected chi connectivity index (χ0v) is 22.7. The van der Waals surface area contributed by atoms with Crippen molar-refractivity contribution >= 4 is 40.2 Å². The van der Waals surface area contributed by atoms with Crippen LogP contribution < -0.4 is 15.4 Å². The zero-order chi connectivity index (χ0) is 26.2. The molecule has 1 amide bonds. The first-order chi connectivity index (χ1) is 17.3. The summed E-state index contributed by atoms with van der Waals surface area (Å²) in [5, 5.41) is 6.04. The second-order valence-electron chi connectivity index (χ2n) is 8.18. The number of hydrogen-bond acceptors (Lipinski definition) is 6. The number of nitrogens with zero attached hydrogens (tertiary/aromatic N) is 2. The van der Waals surface area contributed by atoms with E-state index < -0.39 is 17.6 Å². The second-order valence-corrected chi connectivity index (χ2v) is 9.54. The van der Waals surface area contributed by atoms with Crippen LogP contribution in [-0.4, -0.2) is 51.3 Å². The van der Waals surface area contributed by atoms with Crippen molar-refractivity contribution in [2.24, 2.45) is 0 Å². The molecule has 1 atom stereocenters. The first kappa shape index (κ1) is 27.7. The van der Waals surface area contributed by atoms with E-state index in [9.17, 15) is 9.18 Å². The lowest BCUT2D eigenvalue weighted by atomic mass is 9.84. The number of dihydropyridines is 1. The zero-order valence-electron chi connectivity index (χ0n) is 20.3. The van der Waals surface area contributed by atoms with Crippen LogP contribution in [-0.2, 0) is 9.53 Å². The van der Waals surface area contributed by atoms with Crippen molar-refractivity contribution in [3.63, 3.8) is 0 Å². The van der Waals surface area contributed by atoms with E-state index in [0.29, 0.717) is 26.6 Å². The first-order valence-electron chi connectivity index (χ1n) is 11.2. The third-order valence-electron chi connectivity index (χ3n) is 5.74. The van der Waals surface area contributed by atoms with Crippen molar-refractivity contribution in [3.05, 3.63) is 91.7 Å². The summed E-state index contributed by atoms with van der Waals surface area (Å²) in [4.78, 5) is 19.0. The molecule has 0 saturated carbocycles. The van der Waals surface area contributed by atoms with Crippen LogP contribution in [0.5, 0.6) is 5.75 Å². The molecule has 10 heteroatoms.